The zero-order chi connectivity index (χ0) is 17.8. The molecule has 7 heteroatoms. The minimum atomic E-state index is 0. The molecule has 3 heterocycles. The van der Waals surface area contributed by atoms with Crippen molar-refractivity contribution in [3.8, 4) is 0 Å². The van der Waals surface area contributed by atoms with Gasteiger partial charge in [0.15, 0.2) is 0 Å². The number of hydrogen-bond acceptors (Lipinski definition) is 4. The molecule has 2 aromatic rings. The van der Waals surface area contributed by atoms with Crippen molar-refractivity contribution in [3.05, 3.63) is 57.8 Å². The van der Waals surface area contributed by atoms with Crippen LogP contribution in [-0.4, -0.2) is 36.5 Å². The van der Waals surface area contributed by atoms with Gasteiger partial charge < -0.3 is 10.6 Å². The number of rotatable bonds is 6. The van der Waals surface area contributed by atoms with Crippen LogP contribution < -0.4 is 10.6 Å². The lowest BCUT2D eigenvalue weighted by Gasteiger charge is -2.35. The minimum absolute atomic E-state index is 0. The van der Waals surface area contributed by atoms with Crippen LogP contribution in [0.25, 0.3) is 0 Å². The van der Waals surface area contributed by atoms with E-state index in [2.05, 4.69) is 57.3 Å². The third kappa shape index (κ3) is 5.71. The van der Waals surface area contributed by atoms with E-state index >= 15 is 0 Å². The van der Waals surface area contributed by atoms with Crippen LogP contribution >= 0.6 is 36.2 Å². The second-order valence-corrected chi connectivity index (χ2v) is 8.32. The molecule has 1 fully saturated rings. The lowest BCUT2D eigenvalue weighted by molar-refractivity contribution is -0.121. The highest BCUT2D eigenvalue weighted by atomic mass is 35.5. The highest BCUT2D eigenvalue weighted by molar-refractivity contribution is 7.10. The van der Waals surface area contributed by atoms with Crippen LogP contribution in [0.2, 0.25) is 0 Å². The summed E-state index contributed by atoms with van der Waals surface area (Å²) in [7, 11) is 0. The van der Waals surface area contributed by atoms with Gasteiger partial charge in [0.25, 0.3) is 0 Å². The summed E-state index contributed by atoms with van der Waals surface area (Å²) in [5, 5.41) is 8.81. The second kappa shape index (κ2) is 11.2. The molecule has 154 valence electrons. The Bertz CT molecular complexity index is 734. The first-order valence-corrected chi connectivity index (χ1v) is 10.5. The van der Waals surface area contributed by atoms with Crippen LogP contribution in [0.4, 0.5) is 0 Å². The Hall–Kier alpha value is -1.11. The van der Waals surface area contributed by atoms with Gasteiger partial charge in [-0.2, -0.15) is 0 Å². The molecule has 2 aliphatic heterocycles. The minimum Gasteiger partial charge on any atom is -0.354 e. The summed E-state index contributed by atoms with van der Waals surface area (Å²) in [6.45, 7) is 3.74. The smallest absolute Gasteiger partial charge is 0.221 e. The Balaban J connectivity index is 0.00000140. The summed E-state index contributed by atoms with van der Waals surface area (Å²) in [4.78, 5) is 16.4. The normalized spacial score (nSPS) is 19.8. The van der Waals surface area contributed by atoms with Gasteiger partial charge in [0.1, 0.15) is 0 Å². The van der Waals surface area contributed by atoms with Crippen LogP contribution in [0.3, 0.4) is 0 Å². The van der Waals surface area contributed by atoms with E-state index in [-0.39, 0.29) is 36.8 Å². The molecule has 4 rings (SSSR count). The molecule has 2 aliphatic rings. The van der Waals surface area contributed by atoms with Crippen molar-refractivity contribution < 1.29 is 4.79 Å². The van der Waals surface area contributed by atoms with E-state index in [9.17, 15) is 4.79 Å². The highest BCUT2D eigenvalue weighted by Crippen LogP contribution is 2.30. The van der Waals surface area contributed by atoms with Gasteiger partial charge >= 0.3 is 0 Å². The lowest BCUT2D eigenvalue weighted by Crippen LogP contribution is -2.41. The van der Waals surface area contributed by atoms with Crippen molar-refractivity contribution in [2.45, 2.75) is 44.3 Å². The van der Waals surface area contributed by atoms with Crippen LogP contribution in [0.15, 0.2) is 41.8 Å². The molecule has 0 aliphatic carbocycles. The van der Waals surface area contributed by atoms with Crippen molar-refractivity contribution in [2.75, 3.05) is 19.6 Å². The van der Waals surface area contributed by atoms with Crippen molar-refractivity contribution >= 4 is 42.1 Å². The SMILES string of the molecule is Cl.Cl.O=C(CC1CCCN1)NCC(c1ccccc1)N1CCc2sccc2C1. The standard InChI is InChI=1S/C21H27N3OS.2ClH/c25-21(13-18-7-4-10-22-18)23-14-19(16-5-2-1-3-6-16)24-11-8-20-17(15-24)9-12-26-20;;/h1-3,5-6,9,12,18-19,22H,4,7-8,10-11,13-15H2,(H,23,25);2*1H. The third-order valence-corrected chi connectivity index (χ3v) is 6.57. The van der Waals surface area contributed by atoms with E-state index in [0.29, 0.717) is 19.0 Å². The number of fused-ring (bicyclic) bond motifs is 1. The molecule has 2 atom stereocenters. The second-order valence-electron chi connectivity index (χ2n) is 7.32. The summed E-state index contributed by atoms with van der Waals surface area (Å²) in [6.07, 6.45) is 4.00. The number of amides is 1. The first-order valence-electron chi connectivity index (χ1n) is 9.64. The molecule has 1 aromatic carbocycles. The van der Waals surface area contributed by atoms with Gasteiger partial charge in [-0.05, 0) is 48.4 Å². The summed E-state index contributed by atoms with van der Waals surface area (Å²) < 4.78 is 0. The average molecular weight is 442 g/mol. The fourth-order valence-corrected chi connectivity index (χ4v) is 5.00. The number of benzene rings is 1. The molecule has 1 amide bonds. The molecule has 2 unspecified atom stereocenters. The number of carbonyl (C=O) groups is 1. The van der Waals surface area contributed by atoms with Crippen LogP contribution in [0, 0.1) is 0 Å². The molecular formula is C21H29Cl2N3OS. The summed E-state index contributed by atoms with van der Waals surface area (Å²) in [5.74, 6) is 0.165. The molecule has 0 radical (unpaired) electrons. The van der Waals surface area contributed by atoms with Crippen LogP contribution in [0.5, 0.6) is 0 Å². The molecule has 28 heavy (non-hydrogen) atoms. The molecule has 4 nitrogen and oxygen atoms in total. The van der Waals surface area contributed by atoms with Crippen molar-refractivity contribution in [1.82, 2.24) is 15.5 Å². The van der Waals surface area contributed by atoms with Gasteiger partial charge in [-0.15, -0.1) is 36.2 Å². The third-order valence-electron chi connectivity index (χ3n) is 5.55. The van der Waals surface area contributed by atoms with Gasteiger partial charge in [-0.1, -0.05) is 30.3 Å². The number of nitrogens with zero attached hydrogens (tertiary/aromatic N) is 1. The molecule has 1 aromatic heterocycles. The topological polar surface area (TPSA) is 44.4 Å². The number of hydrogen-bond donors (Lipinski definition) is 2. The van der Waals surface area contributed by atoms with Crippen LogP contribution in [-0.2, 0) is 17.8 Å². The Kier molecular flexibility index (Phi) is 9.25. The molecular weight excluding hydrogens is 413 g/mol. The number of thiophene rings is 1. The Morgan fingerprint density at radius 1 is 1.25 bits per heavy atom. The summed E-state index contributed by atoms with van der Waals surface area (Å²) >= 11 is 1.87. The van der Waals surface area contributed by atoms with Crippen molar-refractivity contribution in [2.24, 2.45) is 0 Å². The largest absolute Gasteiger partial charge is 0.354 e. The summed E-state index contributed by atoms with van der Waals surface area (Å²) in [5.41, 5.74) is 2.73. The van der Waals surface area contributed by atoms with Gasteiger partial charge in [0.2, 0.25) is 5.91 Å². The molecule has 1 saturated heterocycles. The first kappa shape index (κ1) is 23.2. The number of nitrogens with one attached hydrogen (secondary N) is 2. The Morgan fingerprint density at radius 2 is 2.07 bits per heavy atom. The monoisotopic (exact) mass is 441 g/mol. The van der Waals surface area contributed by atoms with E-state index in [0.717, 1.165) is 32.5 Å². The molecule has 0 saturated carbocycles. The Morgan fingerprint density at radius 3 is 2.82 bits per heavy atom. The highest BCUT2D eigenvalue weighted by Gasteiger charge is 2.26. The zero-order valence-electron chi connectivity index (χ0n) is 15.9. The fourth-order valence-electron chi connectivity index (χ4n) is 4.11. The van der Waals surface area contributed by atoms with Crippen molar-refractivity contribution in [1.29, 1.82) is 0 Å². The van der Waals surface area contributed by atoms with E-state index < -0.39 is 0 Å². The molecule has 2 N–H and O–H groups in total. The first-order chi connectivity index (χ1) is 12.8. The number of halogens is 2. The quantitative estimate of drug-likeness (QED) is 0.712. The van der Waals surface area contributed by atoms with E-state index in [1.165, 1.54) is 22.4 Å². The van der Waals surface area contributed by atoms with Gasteiger partial charge in [0, 0.05) is 37.0 Å². The van der Waals surface area contributed by atoms with Crippen LogP contribution in [0.1, 0.15) is 41.3 Å². The predicted octanol–water partition coefficient (Wildman–Crippen LogP) is 3.95. The van der Waals surface area contributed by atoms with E-state index in [1.54, 1.807) is 0 Å². The zero-order valence-corrected chi connectivity index (χ0v) is 18.4. The maximum Gasteiger partial charge on any atom is 0.221 e. The molecule has 0 spiro atoms. The number of carbonyl (C=O) groups excluding carboxylic acids is 1. The van der Waals surface area contributed by atoms with Gasteiger partial charge in [-0.25, -0.2) is 0 Å². The fraction of sp³-hybridized carbons (Fsp3) is 0.476. The average Bonchev–Trinajstić information content (AvgIpc) is 3.34. The summed E-state index contributed by atoms with van der Waals surface area (Å²) in [6, 6.07) is 13.4. The van der Waals surface area contributed by atoms with E-state index in [1.807, 2.05) is 11.3 Å². The predicted molar refractivity (Wildman–Crippen MR) is 121 cm³/mol. The lowest BCUT2D eigenvalue weighted by atomic mass is 10.0. The van der Waals surface area contributed by atoms with Crippen molar-refractivity contribution in [3.63, 3.8) is 0 Å². The maximum absolute atomic E-state index is 12.4. The van der Waals surface area contributed by atoms with Gasteiger partial charge in [0.05, 0.1) is 6.04 Å². The van der Waals surface area contributed by atoms with E-state index in [4.69, 9.17) is 0 Å². The molecule has 0 bridgehead atoms. The maximum atomic E-state index is 12.4. The Labute approximate surface area is 183 Å². The van der Waals surface area contributed by atoms with Gasteiger partial charge in [-0.3, -0.25) is 9.69 Å².